The number of piperidine rings is 1. The Balaban J connectivity index is 1.68. The van der Waals surface area contributed by atoms with Crippen molar-refractivity contribution >= 4 is 10.0 Å². The Morgan fingerprint density at radius 1 is 1.24 bits per heavy atom. The SMILES string of the molecule is O=S(=O)(c1cncc(F)c1)N1CCC(C2CCCN2)CC1. The summed E-state index contributed by atoms with van der Waals surface area (Å²) < 4.78 is 39.6. The van der Waals surface area contributed by atoms with Crippen LogP contribution in [0.3, 0.4) is 0 Å². The normalized spacial score (nSPS) is 25.3. The third kappa shape index (κ3) is 3.09. The maximum absolute atomic E-state index is 13.2. The number of pyridine rings is 1. The molecule has 1 aromatic heterocycles. The highest BCUT2D eigenvalue weighted by Crippen LogP contribution is 2.28. The molecule has 0 saturated carbocycles. The van der Waals surface area contributed by atoms with E-state index in [0.717, 1.165) is 31.6 Å². The van der Waals surface area contributed by atoms with Crippen molar-refractivity contribution in [2.45, 2.75) is 36.6 Å². The molecule has 1 unspecified atom stereocenters. The van der Waals surface area contributed by atoms with Crippen LogP contribution in [0, 0.1) is 11.7 Å². The predicted molar refractivity (Wildman–Crippen MR) is 76.7 cm³/mol. The van der Waals surface area contributed by atoms with Crippen molar-refractivity contribution in [3.05, 3.63) is 24.3 Å². The molecule has 0 radical (unpaired) electrons. The van der Waals surface area contributed by atoms with E-state index in [1.54, 1.807) is 0 Å². The van der Waals surface area contributed by atoms with E-state index in [1.807, 2.05) is 0 Å². The molecule has 2 fully saturated rings. The Bertz CT molecular complexity index is 594. The Kier molecular flexibility index (Phi) is 4.24. The number of hydrogen-bond acceptors (Lipinski definition) is 4. The first-order valence-corrected chi connectivity index (χ1v) is 8.85. The van der Waals surface area contributed by atoms with E-state index in [4.69, 9.17) is 0 Å². The number of hydrogen-bond donors (Lipinski definition) is 1. The first-order valence-electron chi connectivity index (χ1n) is 7.41. The lowest BCUT2D eigenvalue weighted by atomic mass is 9.89. The molecule has 3 heterocycles. The standard InChI is InChI=1S/C14H20FN3O2S/c15-12-8-13(10-16-9-12)21(19,20)18-6-3-11(4-7-18)14-2-1-5-17-14/h8-11,14,17H,1-7H2. The summed E-state index contributed by atoms with van der Waals surface area (Å²) >= 11 is 0. The maximum Gasteiger partial charge on any atom is 0.244 e. The zero-order valence-electron chi connectivity index (χ0n) is 11.8. The second-order valence-electron chi connectivity index (χ2n) is 5.78. The average molecular weight is 313 g/mol. The van der Waals surface area contributed by atoms with Gasteiger partial charge in [0.05, 0.1) is 6.20 Å². The highest BCUT2D eigenvalue weighted by molar-refractivity contribution is 7.89. The first-order chi connectivity index (χ1) is 10.1. The molecule has 1 aromatic rings. The number of sulfonamides is 1. The fourth-order valence-electron chi connectivity index (χ4n) is 3.31. The lowest BCUT2D eigenvalue weighted by Gasteiger charge is -2.34. The zero-order valence-corrected chi connectivity index (χ0v) is 12.7. The first kappa shape index (κ1) is 14.9. The van der Waals surface area contributed by atoms with E-state index in [0.29, 0.717) is 25.0 Å². The third-order valence-corrected chi connectivity index (χ3v) is 6.35. The minimum Gasteiger partial charge on any atom is -0.314 e. The summed E-state index contributed by atoms with van der Waals surface area (Å²) in [5, 5.41) is 3.49. The predicted octanol–water partition coefficient (Wildman–Crippen LogP) is 1.37. The van der Waals surface area contributed by atoms with Gasteiger partial charge in [-0.1, -0.05) is 0 Å². The van der Waals surface area contributed by atoms with Crippen LogP contribution in [0.2, 0.25) is 0 Å². The van der Waals surface area contributed by atoms with Gasteiger partial charge in [0.1, 0.15) is 10.7 Å². The van der Waals surface area contributed by atoms with Crippen LogP contribution in [0.4, 0.5) is 4.39 Å². The van der Waals surface area contributed by atoms with Crippen LogP contribution in [0.1, 0.15) is 25.7 Å². The number of halogens is 1. The summed E-state index contributed by atoms with van der Waals surface area (Å²) in [6, 6.07) is 1.57. The molecule has 21 heavy (non-hydrogen) atoms. The molecule has 0 aromatic carbocycles. The van der Waals surface area contributed by atoms with Crippen LogP contribution in [-0.4, -0.2) is 43.4 Å². The van der Waals surface area contributed by atoms with Crippen LogP contribution in [0.5, 0.6) is 0 Å². The monoisotopic (exact) mass is 313 g/mol. The Morgan fingerprint density at radius 2 is 2.00 bits per heavy atom. The summed E-state index contributed by atoms with van der Waals surface area (Å²) in [4.78, 5) is 3.58. The molecule has 2 saturated heterocycles. The molecular formula is C14H20FN3O2S. The fraction of sp³-hybridized carbons (Fsp3) is 0.643. The number of nitrogens with zero attached hydrogens (tertiary/aromatic N) is 2. The summed E-state index contributed by atoms with van der Waals surface area (Å²) in [5.74, 6) is -0.0781. The van der Waals surface area contributed by atoms with Crippen LogP contribution in [0.25, 0.3) is 0 Å². The van der Waals surface area contributed by atoms with Crippen molar-refractivity contribution in [3.8, 4) is 0 Å². The van der Waals surface area contributed by atoms with E-state index in [1.165, 1.54) is 23.3 Å². The van der Waals surface area contributed by atoms with Crippen molar-refractivity contribution in [1.29, 1.82) is 0 Å². The smallest absolute Gasteiger partial charge is 0.244 e. The largest absolute Gasteiger partial charge is 0.314 e. The zero-order chi connectivity index (χ0) is 14.9. The summed E-state index contributed by atoms with van der Waals surface area (Å²) in [6.07, 6.45) is 6.34. The molecule has 1 atom stereocenters. The van der Waals surface area contributed by atoms with Crippen molar-refractivity contribution in [1.82, 2.24) is 14.6 Å². The van der Waals surface area contributed by atoms with E-state index >= 15 is 0 Å². The number of aromatic nitrogens is 1. The van der Waals surface area contributed by atoms with Gasteiger partial charge in [0.25, 0.3) is 0 Å². The molecule has 1 N–H and O–H groups in total. The van der Waals surface area contributed by atoms with Gasteiger partial charge in [0, 0.05) is 25.3 Å². The van der Waals surface area contributed by atoms with Crippen molar-refractivity contribution < 1.29 is 12.8 Å². The molecule has 3 rings (SSSR count). The molecule has 2 aliphatic rings. The van der Waals surface area contributed by atoms with Crippen LogP contribution in [-0.2, 0) is 10.0 Å². The fourth-order valence-corrected chi connectivity index (χ4v) is 4.76. The lowest BCUT2D eigenvalue weighted by Crippen LogP contribution is -2.43. The van der Waals surface area contributed by atoms with Gasteiger partial charge in [-0.2, -0.15) is 4.31 Å². The molecule has 5 nitrogen and oxygen atoms in total. The molecule has 0 bridgehead atoms. The minimum absolute atomic E-state index is 0.0556. The highest BCUT2D eigenvalue weighted by Gasteiger charge is 2.33. The van der Waals surface area contributed by atoms with Gasteiger partial charge in [0.15, 0.2) is 0 Å². The van der Waals surface area contributed by atoms with Gasteiger partial charge < -0.3 is 5.32 Å². The number of nitrogens with one attached hydrogen (secondary N) is 1. The number of rotatable bonds is 3. The Hall–Kier alpha value is -1.05. The Labute approximate surface area is 124 Å². The van der Waals surface area contributed by atoms with Crippen LogP contribution >= 0.6 is 0 Å². The molecule has 0 amide bonds. The lowest BCUT2D eigenvalue weighted by molar-refractivity contribution is 0.234. The van der Waals surface area contributed by atoms with Gasteiger partial charge in [-0.05, 0) is 44.2 Å². The third-order valence-electron chi connectivity index (χ3n) is 4.48. The van der Waals surface area contributed by atoms with Crippen LogP contribution in [0.15, 0.2) is 23.4 Å². The average Bonchev–Trinajstić information content (AvgIpc) is 3.02. The van der Waals surface area contributed by atoms with E-state index in [2.05, 4.69) is 10.3 Å². The van der Waals surface area contributed by atoms with Gasteiger partial charge in [-0.25, -0.2) is 12.8 Å². The van der Waals surface area contributed by atoms with Crippen molar-refractivity contribution in [3.63, 3.8) is 0 Å². The second-order valence-corrected chi connectivity index (χ2v) is 7.72. The quantitative estimate of drug-likeness (QED) is 0.915. The van der Waals surface area contributed by atoms with Gasteiger partial charge >= 0.3 is 0 Å². The highest BCUT2D eigenvalue weighted by atomic mass is 32.2. The summed E-state index contributed by atoms with van der Waals surface area (Å²) in [7, 11) is -3.62. The van der Waals surface area contributed by atoms with Gasteiger partial charge in [0.2, 0.25) is 10.0 Å². The van der Waals surface area contributed by atoms with E-state index in [9.17, 15) is 12.8 Å². The van der Waals surface area contributed by atoms with Gasteiger partial charge in [-0.15, -0.1) is 0 Å². The molecule has 2 aliphatic heterocycles. The summed E-state index contributed by atoms with van der Waals surface area (Å²) in [5.41, 5.74) is 0. The molecule has 0 spiro atoms. The van der Waals surface area contributed by atoms with Crippen LogP contribution < -0.4 is 5.32 Å². The van der Waals surface area contributed by atoms with Gasteiger partial charge in [-0.3, -0.25) is 4.98 Å². The molecule has 7 heteroatoms. The Morgan fingerprint density at radius 3 is 2.62 bits per heavy atom. The molecular weight excluding hydrogens is 293 g/mol. The van der Waals surface area contributed by atoms with Crippen molar-refractivity contribution in [2.75, 3.05) is 19.6 Å². The molecule has 0 aliphatic carbocycles. The molecule has 116 valence electrons. The topological polar surface area (TPSA) is 62.3 Å². The maximum atomic E-state index is 13.2. The summed E-state index contributed by atoms with van der Waals surface area (Å²) in [6.45, 7) is 2.07. The van der Waals surface area contributed by atoms with E-state index in [-0.39, 0.29) is 4.90 Å². The minimum atomic E-state index is -3.62. The van der Waals surface area contributed by atoms with Crippen molar-refractivity contribution in [2.24, 2.45) is 5.92 Å². The second kappa shape index (κ2) is 5.98. The van der Waals surface area contributed by atoms with E-state index < -0.39 is 15.8 Å².